The number of nitrogens with zero attached hydrogens (tertiary/aromatic N) is 1. The maximum absolute atomic E-state index is 11.7. The number of anilines is 1. The van der Waals surface area contributed by atoms with Crippen molar-refractivity contribution in [2.24, 2.45) is 0 Å². The Kier molecular flexibility index (Phi) is 3.73. The maximum Gasteiger partial charge on any atom is 0.228 e. The van der Waals surface area contributed by atoms with Crippen LogP contribution in [0.3, 0.4) is 0 Å². The first-order valence-electron chi connectivity index (χ1n) is 5.18. The maximum atomic E-state index is 11.7. The smallest absolute Gasteiger partial charge is 0.228 e. The SMILES string of the molecule is O=C(Cc1cccnc1)Nc1cccc(Cl)c1. The van der Waals surface area contributed by atoms with Crippen LogP contribution >= 0.6 is 11.6 Å². The average Bonchev–Trinajstić information content (AvgIpc) is 2.30. The van der Waals surface area contributed by atoms with Crippen LogP contribution in [0.5, 0.6) is 0 Å². The van der Waals surface area contributed by atoms with Crippen LogP contribution in [-0.4, -0.2) is 10.9 Å². The number of halogens is 1. The quantitative estimate of drug-likeness (QED) is 0.905. The van der Waals surface area contributed by atoms with Gasteiger partial charge in [0.2, 0.25) is 5.91 Å². The van der Waals surface area contributed by atoms with E-state index in [0.717, 1.165) is 5.56 Å². The zero-order chi connectivity index (χ0) is 12.1. The van der Waals surface area contributed by atoms with Gasteiger partial charge in [-0.3, -0.25) is 9.78 Å². The molecule has 0 saturated heterocycles. The Labute approximate surface area is 104 Å². The average molecular weight is 247 g/mol. The summed E-state index contributed by atoms with van der Waals surface area (Å²) in [6.45, 7) is 0. The van der Waals surface area contributed by atoms with Crippen LogP contribution in [0, 0.1) is 0 Å². The van der Waals surface area contributed by atoms with Crippen molar-refractivity contribution in [3.63, 3.8) is 0 Å². The van der Waals surface area contributed by atoms with Crippen LogP contribution in [0.15, 0.2) is 48.8 Å². The third-order valence-corrected chi connectivity index (χ3v) is 2.43. The molecular weight excluding hydrogens is 236 g/mol. The van der Waals surface area contributed by atoms with Gasteiger partial charge in [0.05, 0.1) is 6.42 Å². The van der Waals surface area contributed by atoms with Crippen molar-refractivity contribution in [3.8, 4) is 0 Å². The Bertz CT molecular complexity index is 514. The molecule has 86 valence electrons. The highest BCUT2D eigenvalue weighted by Gasteiger charge is 2.04. The number of pyridine rings is 1. The summed E-state index contributed by atoms with van der Waals surface area (Å²) in [4.78, 5) is 15.7. The molecule has 0 unspecified atom stereocenters. The lowest BCUT2D eigenvalue weighted by molar-refractivity contribution is -0.115. The fourth-order valence-corrected chi connectivity index (χ4v) is 1.65. The van der Waals surface area contributed by atoms with Crippen molar-refractivity contribution < 1.29 is 4.79 Å². The number of rotatable bonds is 3. The summed E-state index contributed by atoms with van der Waals surface area (Å²) in [5.74, 6) is -0.0831. The number of amides is 1. The van der Waals surface area contributed by atoms with Crippen molar-refractivity contribution in [2.45, 2.75) is 6.42 Å². The summed E-state index contributed by atoms with van der Waals surface area (Å²) in [7, 11) is 0. The third-order valence-electron chi connectivity index (χ3n) is 2.20. The van der Waals surface area contributed by atoms with Crippen LogP contribution in [0.4, 0.5) is 5.69 Å². The van der Waals surface area contributed by atoms with Gasteiger partial charge in [-0.25, -0.2) is 0 Å². The predicted molar refractivity (Wildman–Crippen MR) is 68.0 cm³/mol. The fraction of sp³-hybridized carbons (Fsp3) is 0.0769. The molecule has 1 heterocycles. The number of nitrogens with one attached hydrogen (secondary N) is 1. The second kappa shape index (κ2) is 5.46. The number of aromatic nitrogens is 1. The van der Waals surface area contributed by atoms with Gasteiger partial charge in [0.15, 0.2) is 0 Å². The molecule has 1 aromatic heterocycles. The van der Waals surface area contributed by atoms with Gasteiger partial charge in [0.1, 0.15) is 0 Å². The fourth-order valence-electron chi connectivity index (χ4n) is 1.46. The van der Waals surface area contributed by atoms with E-state index in [1.807, 2.05) is 12.1 Å². The van der Waals surface area contributed by atoms with Crippen molar-refractivity contribution in [3.05, 3.63) is 59.4 Å². The highest BCUT2D eigenvalue weighted by Crippen LogP contribution is 2.15. The van der Waals surface area contributed by atoms with Gasteiger partial charge in [0.25, 0.3) is 0 Å². The summed E-state index contributed by atoms with van der Waals surface area (Å²) in [6.07, 6.45) is 3.66. The van der Waals surface area contributed by atoms with Gasteiger partial charge in [-0.05, 0) is 29.8 Å². The molecule has 0 bridgehead atoms. The van der Waals surface area contributed by atoms with Crippen LogP contribution in [0.25, 0.3) is 0 Å². The van der Waals surface area contributed by atoms with Crippen LogP contribution in [0.2, 0.25) is 5.02 Å². The molecule has 0 spiro atoms. The highest BCUT2D eigenvalue weighted by molar-refractivity contribution is 6.30. The molecular formula is C13H11ClN2O. The monoisotopic (exact) mass is 246 g/mol. The molecule has 3 nitrogen and oxygen atoms in total. The standard InChI is InChI=1S/C13H11ClN2O/c14-11-4-1-5-12(8-11)16-13(17)7-10-3-2-6-15-9-10/h1-6,8-9H,7H2,(H,16,17). The summed E-state index contributed by atoms with van der Waals surface area (Å²) in [5, 5.41) is 3.38. The van der Waals surface area contributed by atoms with Crippen LogP contribution in [-0.2, 0) is 11.2 Å². The minimum Gasteiger partial charge on any atom is -0.326 e. The van der Waals surface area contributed by atoms with E-state index < -0.39 is 0 Å². The highest BCUT2D eigenvalue weighted by atomic mass is 35.5. The van der Waals surface area contributed by atoms with Gasteiger partial charge < -0.3 is 5.32 Å². The molecule has 0 aliphatic carbocycles. The van der Waals surface area contributed by atoms with Crippen molar-refractivity contribution >= 4 is 23.2 Å². The van der Waals surface area contributed by atoms with Crippen molar-refractivity contribution in [2.75, 3.05) is 5.32 Å². The van der Waals surface area contributed by atoms with E-state index in [2.05, 4.69) is 10.3 Å². The zero-order valence-corrected chi connectivity index (χ0v) is 9.82. The van der Waals surface area contributed by atoms with E-state index >= 15 is 0 Å². The molecule has 1 N–H and O–H groups in total. The Morgan fingerprint density at radius 1 is 1.29 bits per heavy atom. The number of carbonyl (C=O) groups is 1. The molecule has 0 fully saturated rings. The second-order valence-electron chi connectivity index (χ2n) is 3.60. The van der Waals surface area contributed by atoms with E-state index in [9.17, 15) is 4.79 Å². The molecule has 2 rings (SSSR count). The predicted octanol–water partition coefficient (Wildman–Crippen LogP) is 2.92. The molecule has 1 aromatic carbocycles. The van der Waals surface area contributed by atoms with E-state index in [0.29, 0.717) is 17.1 Å². The molecule has 1 amide bonds. The first-order chi connectivity index (χ1) is 8.24. The van der Waals surface area contributed by atoms with Gasteiger partial charge in [0, 0.05) is 23.1 Å². The largest absolute Gasteiger partial charge is 0.326 e. The summed E-state index contributed by atoms with van der Waals surface area (Å²) in [5.41, 5.74) is 1.58. The minimum absolute atomic E-state index is 0.0831. The molecule has 4 heteroatoms. The lowest BCUT2D eigenvalue weighted by Crippen LogP contribution is -2.14. The minimum atomic E-state index is -0.0831. The van der Waals surface area contributed by atoms with E-state index in [-0.39, 0.29) is 5.91 Å². The summed E-state index contributed by atoms with van der Waals surface area (Å²) in [6, 6.07) is 10.7. The van der Waals surface area contributed by atoms with Crippen molar-refractivity contribution in [1.82, 2.24) is 4.98 Å². The zero-order valence-electron chi connectivity index (χ0n) is 9.06. The molecule has 2 aromatic rings. The van der Waals surface area contributed by atoms with E-state index in [4.69, 9.17) is 11.6 Å². The van der Waals surface area contributed by atoms with Gasteiger partial charge in [-0.15, -0.1) is 0 Å². The summed E-state index contributed by atoms with van der Waals surface area (Å²) < 4.78 is 0. The van der Waals surface area contributed by atoms with E-state index in [1.165, 1.54) is 0 Å². The Balaban J connectivity index is 1.98. The van der Waals surface area contributed by atoms with Gasteiger partial charge in [-0.1, -0.05) is 23.7 Å². The lowest BCUT2D eigenvalue weighted by Gasteiger charge is -2.05. The van der Waals surface area contributed by atoms with Crippen molar-refractivity contribution in [1.29, 1.82) is 0 Å². The van der Waals surface area contributed by atoms with Gasteiger partial charge in [-0.2, -0.15) is 0 Å². The number of hydrogen-bond donors (Lipinski definition) is 1. The van der Waals surface area contributed by atoms with Gasteiger partial charge >= 0.3 is 0 Å². The third kappa shape index (κ3) is 3.57. The molecule has 17 heavy (non-hydrogen) atoms. The topological polar surface area (TPSA) is 42.0 Å². The molecule has 0 saturated carbocycles. The summed E-state index contributed by atoms with van der Waals surface area (Å²) >= 11 is 5.83. The number of carbonyl (C=O) groups excluding carboxylic acids is 1. The van der Waals surface area contributed by atoms with Crippen LogP contribution < -0.4 is 5.32 Å². The van der Waals surface area contributed by atoms with Crippen LogP contribution in [0.1, 0.15) is 5.56 Å². The number of hydrogen-bond acceptors (Lipinski definition) is 2. The van der Waals surface area contributed by atoms with E-state index in [1.54, 1.807) is 36.7 Å². The lowest BCUT2D eigenvalue weighted by atomic mass is 10.2. The first kappa shape index (κ1) is 11.6. The first-order valence-corrected chi connectivity index (χ1v) is 5.56. The Morgan fingerprint density at radius 2 is 2.18 bits per heavy atom. The molecule has 0 atom stereocenters. The number of benzene rings is 1. The molecule has 0 aliphatic heterocycles. The Morgan fingerprint density at radius 3 is 2.88 bits per heavy atom. The molecule has 0 radical (unpaired) electrons. The Hall–Kier alpha value is -1.87. The second-order valence-corrected chi connectivity index (χ2v) is 4.03. The molecule has 0 aliphatic rings. The normalized spacial score (nSPS) is 9.94.